The van der Waals surface area contributed by atoms with E-state index in [1.165, 1.54) is 5.56 Å². The second-order valence-electron chi connectivity index (χ2n) is 5.18. The standard InChI is InChI=1S/C18H21BrN2O2S/c1-22-16-10-5-13(12-17(16)23-2)4-3-11-20-18(24)21-15-8-6-14(19)7-9-15/h5-10,12H,3-4,11H2,1-2H3,(H2,20,21,24). The zero-order chi connectivity index (χ0) is 17.4. The molecule has 0 spiro atoms. The van der Waals surface area contributed by atoms with Crippen LogP contribution < -0.4 is 20.1 Å². The van der Waals surface area contributed by atoms with Crippen molar-refractivity contribution in [3.63, 3.8) is 0 Å². The SMILES string of the molecule is COc1ccc(CCCNC(=S)Nc2ccc(Br)cc2)cc1OC. The summed E-state index contributed by atoms with van der Waals surface area (Å²) in [5, 5.41) is 7.01. The lowest BCUT2D eigenvalue weighted by atomic mass is 10.1. The van der Waals surface area contributed by atoms with Crippen molar-refractivity contribution < 1.29 is 9.47 Å². The molecule has 24 heavy (non-hydrogen) atoms. The van der Waals surface area contributed by atoms with Crippen LogP contribution >= 0.6 is 28.1 Å². The van der Waals surface area contributed by atoms with Gasteiger partial charge in [0.1, 0.15) is 0 Å². The molecule has 0 unspecified atom stereocenters. The summed E-state index contributed by atoms with van der Waals surface area (Å²) >= 11 is 8.71. The van der Waals surface area contributed by atoms with Gasteiger partial charge in [0, 0.05) is 16.7 Å². The molecule has 0 fully saturated rings. The highest BCUT2D eigenvalue weighted by Gasteiger charge is 2.04. The van der Waals surface area contributed by atoms with E-state index in [9.17, 15) is 0 Å². The monoisotopic (exact) mass is 408 g/mol. The quantitative estimate of drug-likeness (QED) is 0.525. The van der Waals surface area contributed by atoms with Gasteiger partial charge in [-0.2, -0.15) is 0 Å². The zero-order valence-electron chi connectivity index (χ0n) is 13.8. The molecule has 0 amide bonds. The van der Waals surface area contributed by atoms with Gasteiger partial charge >= 0.3 is 0 Å². The number of nitrogens with one attached hydrogen (secondary N) is 2. The van der Waals surface area contributed by atoms with Crippen molar-refractivity contribution in [2.45, 2.75) is 12.8 Å². The minimum atomic E-state index is 0.629. The highest BCUT2D eigenvalue weighted by molar-refractivity contribution is 9.10. The van der Waals surface area contributed by atoms with Crippen LogP contribution in [-0.2, 0) is 6.42 Å². The molecule has 0 heterocycles. The topological polar surface area (TPSA) is 42.5 Å². The van der Waals surface area contributed by atoms with Gasteiger partial charge in [-0.1, -0.05) is 22.0 Å². The molecule has 2 rings (SSSR count). The van der Waals surface area contributed by atoms with E-state index in [4.69, 9.17) is 21.7 Å². The Kier molecular flexibility index (Phi) is 7.34. The number of halogens is 1. The number of ether oxygens (including phenoxy) is 2. The van der Waals surface area contributed by atoms with Crippen molar-refractivity contribution in [1.82, 2.24) is 5.32 Å². The molecule has 0 atom stereocenters. The van der Waals surface area contributed by atoms with E-state index in [1.807, 2.05) is 36.4 Å². The van der Waals surface area contributed by atoms with Crippen LogP contribution in [0.3, 0.4) is 0 Å². The molecule has 0 aliphatic rings. The molecular weight excluding hydrogens is 388 g/mol. The number of thiocarbonyl (C=S) groups is 1. The Balaban J connectivity index is 1.74. The van der Waals surface area contributed by atoms with Gasteiger partial charge in [-0.05, 0) is 67.0 Å². The predicted octanol–water partition coefficient (Wildman–Crippen LogP) is 4.39. The summed E-state index contributed by atoms with van der Waals surface area (Å²) in [7, 11) is 3.29. The van der Waals surface area contributed by atoms with E-state index in [1.54, 1.807) is 14.2 Å². The Morgan fingerprint density at radius 3 is 2.42 bits per heavy atom. The molecule has 0 aromatic heterocycles. The van der Waals surface area contributed by atoms with Crippen LogP contribution in [0.25, 0.3) is 0 Å². The van der Waals surface area contributed by atoms with Gasteiger partial charge < -0.3 is 20.1 Å². The normalized spacial score (nSPS) is 10.1. The van der Waals surface area contributed by atoms with Crippen molar-refractivity contribution in [3.05, 3.63) is 52.5 Å². The molecule has 2 aromatic rings. The van der Waals surface area contributed by atoms with Crippen LogP contribution in [0, 0.1) is 0 Å². The fourth-order valence-corrected chi connectivity index (χ4v) is 2.72. The van der Waals surface area contributed by atoms with Crippen LogP contribution in [-0.4, -0.2) is 25.9 Å². The summed E-state index contributed by atoms with van der Waals surface area (Å²) in [6, 6.07) is 13.9. The molecule has 4 nitrogen and oxygen atoms in total. The van der Waals surface area contributed by atoms with Gasteiger partial charge in [-0.15, -0.1) is 0 Å². The van der Waals surface area contributed by atoms with Crippen LogP contribution in [0.4, 0.5) is 5.69 Å². The molecule has 0 aliphatic carbocycles. The van der Waals surface area contributed by atoms with Crippen LogP contribution in [0.15, 0.2) is 46.9 Å². The van der Waals surface area contributed by atoms with Crippen LogP contribution in [0.1, 0.15) is 12.0 Å². The van der Waals surface area contributed by atoms with E-state index in [0.29, 0.717) is 5.11 Å². The van der Waals surface area contributed by atoms with E-state index in [-0.39, 0.29) is 0 Å². The second-order valence-corrected chi connectivity index (χ2v) is 6.50. The Hall–Kier alpha value is -1.79. The number of anilines is 1. The lowest BCUT2D eigenvalue weighted by Crippen LogP contribution is -2.29. The molecular formula is C18H21BrN2O2S. The number of benzene rings is 2. The minimum absolute atomic E-state index is 0.629. The average Bonchev–Trinajstić information content (AvgIpc) is 2.60. The van der Waals surface area contributed by atoms with Crippen molar-refractivity contribution in [1.29, 1.82) is 0 Å². The molecule has 2 aromatic carbocycles. The second kappa shape index (κ2) is 9.49. The summed E-state index contributed by atoms with van der Waals surface area (Å²) in [6.07, 6.45) is 1.91. The fraction of sp³-hybridized carbons (Fsp3) is 0.278. The average molecular weight is 409 g/mol. The Bertz CT molecular complexity index is 677. The maximum absolute atomic E-state index is 5.32. The van der Waals surface area contributed by atoms with Gasteiger partial charge in [0.15, 0.2) is 16.6 Å². The van der Waals surface area contributed by atoms with Crippen molar-refractivity contribution >= 4 is 38.9 Å². The van der Waals surface area contributed by atoms with Gasteiger partial charge in [-0.25, -0.2) is 0 Å². The van der Waals surface area contributed by atoms with E-state index in [2.05, 4.69) is 32.6 Å². The highest BCUT2D eigenvalue weighted by Crippen LogP contribution is 2.27. The van der Waals surface area contributed by atoms with E-state index >= 15 is 0 Å². The summed E-state index contributed by atoms with van der Waals surface area (Å²) in [5.74, 6) is 1.51. The van der Waals surface area contributed by atoms with Crippen molar-refractivity contribution in [2.75, 3.05) is 26.1 Å². The number of rotatable bonds is 7. The van der Waals surface area contributed by atoms with E-state index < -0.39 is 0 Å². The Morgan fingerprint density at radius 1 is 1.04 bits per heavy atom. The number of hydrogen-bond donors (Lipinski definition) is 2. The molecule has 0 bridgehead atoms. The smallest absolute Gasteiger partial charge is 0.170 e. The predicted molar refractivity (Wildman–Crippen MR) is 106 cm³/mol. The summed E-state index contributed by atoms with van der Waals surface area (Å²) in [4.78, 5) is 0. The minimum Gasteiger partial charge on any atom is -0.493 e. The third kappa shape index (κ3) is 5.69. The largest absolute Gasteiger partial charge is 0.493 e. The zero-order valence-corrected chi connectivity index (χ0v) is 16.2. The molecule has 0 saturated heterocycles. The number of methoxy groups -OCH3 is 2. The maximum Gasteiger partial charge on any atom is 0.170 e. The van der Waals surface area contributed by atoms with Crippen molar-refractivity contribution in [2.24, 2.45) is 0 Å². The molecule has 0 radical (unpaired) electrons. The third-order valence-electron chi connectivity index (χ3n) is 3.48. The van der Waals surface area contributed by atoms with Gasteiger partial charge in [0.25, 0.3) is 0 Å². The van der Waals surface area contributed by atoms with Crippen LogP contribution in [0.5, 0.6) is 11.5 Å². The third-order valence-corrected chi connectivity index (χ3v) is 4.25. The molecule has 6 heteroatoms. The van der Waals surface area contributed by atoms with Crippen LogP contribution in [0.2, 0.25) is 0 Å². The number of hydrogen-bond acceptors (Lipinski definition) is 3. The van der Waals surface area contributed by atoms with E-state index in [0.717, 1.165) is 41.0 Å². The van der Waals surface area contributed by atoms with Crippen molar-refractivity contribution in [3.8, 4) is 11.5 Å². The first-order valence-corrected chi connectivity index (χ1v) is 8.84. The molecule has 2 N–H and O–H groups in total. The summed E-state index contributed by atoms with van der Waals surface area (Å²) < 4.78 is 11.6. The van der Waals surface area contributed by atoms with Gasteiger partial charge in [0.2, 0.25) is 0 Å². The summed E-state index contributed by atoms with van der Waals surface area (Å²) in [5.41, 5.74) is 2.18. The fourth-order valence-electron chi connectivity index (χ4n) is 2.24. The lowest BCUT2D eigenvalue weighted by molar-refractivity contribution is 0.354. The molecule has 0 saturated carbocycles. The Morgan fingerprint density at radius 2 is 1.75 bits per heavy atom. The number of aryl methyl sites for hydroxylation is 1. The first-order chi connectivity index (χ1) is 11.6. The molecule has 128 valence electrons. The maximum atomic E-state index is 5.32. The van der Waals surface area contributed by atoms with Gasteiger partial charge in [-0.3, -0.25) is 0 Å². The van der Waals surface area contributed by atoms with Gasteiger partial charge in [0.05, 0.1) is 14.2 Å². The molecule has 0 aliphatic heterocycles. The first-order valence-electron chi connectivity index (χ1n) is 7.63. The lowest BCUT2D eigenvalue weighted by Gasteiger charge is -2.11. The Labute approximate surface area is 156 Å². The summed E-state index contributed by atoms with van der Waals surface area (Å²) in [6.45, 7) is 0.802. The highest BCUT2D eigenvalue weighted by atomic mass is 79.9. The first kappa shape index (κ1) is 18.5.